The first-order valence-electron chi connectivity index (χ1n) is 7.09. The lowest BCUT2D eigenvalue weighted by Crippen LogP contribution is -2.28. The van der Waals surface area contributed by atoms with Crippen LogP contribution in [0.5, 0.6) is 6.01 Å². The summed E-state index contributed by atoms with van der Waals surface area (Å²) in [6.07, 6.45) is 6.99. The van der Waals surface area contributed by atoms with E-state index in [1.165, 1.54) is 7.11 Å². The second kappa shape index (κ2) is 6.30. The van der Waals surface area contributed by atoms with Gasteiger partial charge >= 0.3 is 12.0 Å². The molecule has 0 spiro atoms. The smallest absolute Gasteiger partial charge is 0.320 e. The van der Waals surface area contributed by atoms with Crippen LogP contribution in [0, 0.1) is 0 Å². The molecule has 2 amide bonds. The number of urea groups is 1. The molecule has 23 heavy (non-hydrogen) atoms. The van der Waals surface area contributed by atoms with Gasteiger partial charge < -0.3 is 14.5 Å². The summed E-state index contributed by atoms with van der Waals surface area (Å²) in [6, 6.07) is 3.87. The molecule has 3 aromatic rings. The molecule has 0 radical (unpaired) electrons. The van der Waals surface area contributed by atoms with Crippen LogP contribution in [0.4, 0.5) is 10.6 Å². The van der Waals surface area contributed by atoms with Gasteiger partial charge in [-0.25, -0.2) is 19.7 Å². The van der Waals surface area contributed by atoms with Crippen LogP contribution in [0.1, 0.15) is 6.92 Å². The highest BCUT2D eigenvalue weighted by Crippen LogP contribution is 2.21. The van der Waals surface area contributed by atoms with E-state index in [1.54, 1.807) is 18.6 Å². The predicted molar refractivity (Wildman–Crippen MR) is 85.5 cm³/mol. The summed E-state index contributed by atoms with van der Waals surface area (Å²) in [7, 11) is 1.52. The van der Waals surface area contributed by atoms with Crippen molar-refractivity contribution in [3.63, 3.8) is 0 Å². The molecular weight excluding hydrogens is 296 g/mol. The molecule has 0 aliphatic heterocycles. The molecule has 3 heterocycles. The van der Waals surface area contributed by atoms with Crippen molar-refractivity contribution in [1.82, 2.24) is 24.7 Å². The number of anilines is 1. The van der Waals surface area contributed by atoms with Gasteiger partial charge in [-0.15, -0.1) is 0 Å². The summed E-state index contributed by atoms with van der Waals surface area (Å²) in [5, 5.41) is 5.34. The summed E-state index contributed by atoms with van der Waals surface area (Å²) in [4.78, 5) is 24.1. The highest BCUT2D eigenvalue weighted by molar-refractivity contribution is 5.88. The van der Waals surface area contributed by atoms with E-state index in [9.17, 15) is 4.79 Å². The summed E-state index contributed by atoms with van der Waals surface area (Å²) in [6.45, 7) is 2.41. The van der Waals surface area contributed by atoms with Crippen LogP contribution < -0.4 is 15.4 Å². The number of carbonyl (C=O) groups is 1. The van der Waals surface area contributed by atoms with Gasteiger partial charge in [0.25, 0.3) is 0 Å². The Kier molecular flexibility index (Phi) is 4.05. The molecule has 8 heteroatoms. The molecule has 0 aromatic carbocycles. The van der Waals surface area contributed by atoms with Crippen molar-refractivity contribution < 1.29 is 9.53 Å². The van der Waals surface area contributed by atoms with Crippen LogP contribution in [0.25, 0.3) is 16.8 Å². The zero-order valence-corrected chi connectivity index (χ0v) is 12.8. The standard InChI is InChI=1S/C15H16N6O2/c1-3-16-14(22)20-12-9-21-5-4-10(6-13(21)19-12)11-7-17-15(23-2)18-8-11/h4-9H,3H2,1-2H3,(H2,16,20,22). The normalized spacial score (nSPS) is 10.5. The fourth-order valence-corrected chi connectivity index (χ4v) is 2.11. The van der Waals surface area contributed by atoms with Crippen molar-refractivity contribution in [3.8, 4) is 17.1 Å². The molecule has 0 aliphatic rings. The molecule has 0 saturated carbocycles. The van der Waals surface area contributed by atoms with Gasteiger partial charge in [0, 0.05) is 30.7 Å². The Morgan fingerprint density at radius 3 is 2.78 bits per heavy atom. The first kappa shape index (κ1) is 14.8. The predicted octanol–water partition coefficient (Wildman–Crippen LogP) is 1.94. The Hall–Kier alpha value is -3.16. The first-order chi connectivity index (χ1) is 11.2. The van der Waals surface area contributed by atoms with Gasteiger partial charge in [-0.3, -0.25) is 5.32 Å². The molecule has 0 atom stereocenters. The van der Waals surface area contributed by atoms with Gasteiger partial charge in [-0.2, -0.15) is 0 Å². The highest BCUT2D eigenvalue weighted by atomic mass is 16.5. The highest BCUT2D eigenvalue weighted by Gasteiger charge is 2.07. The van der Waals surface area contributed by atoms with Gasteiger partial charge in [-0.05, 0) is 24.6 Å². The fourth-order valence-electron chi connectivity index (χ4n) is 2.11. The maximum absolute atomic E-state index is 11.5. The Labute approximate surface area is 132 Å². The van der Waals surface area contributed by atoms with Crippen molar-refractivity contribution in [2.45, 2.75) is 6.92 Å². The molecule has 3 aromatic heterocycles. The lowest BCUT2D eigenvalue weighted by atomic mass is 10.1. The van der Waals surface area contributed by atoms with Crippen LogP contribution >= 0.6 is 0 Å². The van der Waals surface area contributed by atoms with Crippen LogP contribution in [0.3, 0.4) is 0 Å². The van der Waals surface area contributed by atoms with Crippen LogP contribution in [-0.2, 0) is 0 Å². The fraction of sp³-hybridized carbons (Fsp3) is 0.200. The number of pyridine rings is 1. The quantitative estimate of drug-likeness (QED) is 0.768. The maximum Gasteiger partial charge on any atom is 0.320 e. The van der Waals surface area contributed by atoms with E-state index < -0.39 is 0 Å². The van der Waals surface area contributed by atoms with E-state index in [-0.39, 0.29) is 6.03 Å². The van der Waals surface area contributed by atoms with E-state index in [4.69, 9.17) is 4.74 Å². The molecule has 3 rings (SSSR count). The van der Waals surface area contributed by atoms with Crippen LogP contribution in [-0.4, -0.2) is 39.0 Å². The average molecular weight is 312 g/mol. The van der Waals surface area contributed by atoms with Crippen molar-refractivity contribution in [3.05, 3.63) is 36.9 Å². The number of nitrogens with zero attached hydrogens (tertiary/aromatic N) is 4. The molecular formula is C15H16N6O2. The molecule has 0 fully saturated rings. The largest absolute Gasteiger partial charge is 0.467 e. The topological polar surface area (TPSA) is 93.4 Å². The number of aromatic nitrogens is 4. The number of methoxy groups -OCH3 is 1. The number of ether oxygens (including phenoxy) is 1. The third-order valence-corrected chi connectivity index (χ3v) is 3.18. The number of hydrogen-bond donors (Lipinski definition) is 2. The third kappa shape index (κ3) is 3.20. The minimum absolute atomic E-state index is 0.278. The van der Waals surface area contributed by atoms with Crippen molar-refractivity contribution in [2.75, 3.05) is 19.0 Å². The van der Waals surface area contributed by atoms with E-state index in [0.717, 1.165) is 11.1 Å². The maximum atomic E-state index is 11.5. The Bertz CT molecular complexity index is 828. The molecule has 0 saturated heterocycles. The second-order valence-corrected chi connectivity index (χ2v) is 4.75. The number of fused-ring (bicyclic) bond motifs is 1. The Balaban J connectivity index is 1.87. The number of amides is 2. The Morgan fingerprint density at radius 2 is 2.09 bits per heavy atom. The molecule has 8 nitrogen and oxygen atoms in total. The number of carbonyl (C=O) groups excluding carboxylic acids is 1. The number of hydrogen-bond acceptors (Lipinski definition) is 5. The summed E-state index contributed by atoms with van der Waals surface area (Å²) >= 11 is 0. The molecule has 0 aliphatic carbocycles. The van der Waals surface area contributed by atoms with E-state index in [1.807, 2.05) is 29.7 Å². The lowest BCUT2D eigenvalue weighted by molar-refractivity contribution is 0.252. The lowest BCUT2D eigenvalue weighted by Gasteiger charge is -2.02. The van der Waals surface area contributed by atoms with E-state index in [0.29, 0.717) is 24.0 Å². The van der Waals surface area contributed by atoms with Crippen molar-refractivity contribution >= 4 is 17.5 Å². The second-order valence-electron chi connectivity index (χ2n) is 4.75. The van der Waals surface area contributed by atoms with Crippen LogP contribution in [0.15, 0.2) is 36.9 Å². The first-order valence-corrected chi connectivity index (χ1v) is 7.09. The Morgan fingerprint density at radius 1 is 1.30 bits per heavy atom. The monoisotopic (exact) mass is 312 g/mol. The molecule has 0 bridgehead atoms. The van der Waals surface area contributed by atoms with Crippen molar-refractivity contribution in [2.24, 2.45) is 0 Å². The number of nitrogens with one attached hydrogen (secondary N) is 2. The van der Waals surface area contributed by atoms with Gasteiger partial charge in [0.1, 0.15) is 5.65 Å². The summed E-state index contributed by atoms with van der Waals surface area (Å²) in [5.41, 5.74) is 2.50. The molecule has 2 N–H and O–H groups in total. The third-order valence-electron chi connectivity index (χ3n) is 3.18. The van der Waals surface area contributed by atoms with Gasteiger partial charge in [-0.1, -0.05) is 0 Å². The number of imidazole rings is 1. The minimum atomic E-state index is -0.278. The molecule has 118 valence electrons. The van der Waals surface area contributed by atoms with Gasteiger partial charge in [0.05, 0.1) is 13.3 Å². The zero-order valence-electron chi connectivity index (χ0n) is 12.8. The summed E-state index contributed by atoms with van der Waals surface area (Å²) in [5.74, 6) is 0.485. The minimum Gasteiger partial charge on any atom is -0.467 e. The van der Waals surface area contributed by atoms with Crippen molar-refractivity contribution in [1.29, 1.82) is 0 Å². The molecule has 0 unspecified atom stereocenters. The zero-order chi connectivity index (χ0) is 16.2. The average Bonchev–Trinajstić information content (AvgIpc) is 2.96. The van der Waals surface area contributed by atoms with E-state index in [2.05, 4.69) is 25.6 Å². The van der Waals surface area contributed by atoms with Gasteiger partial charge in [0.15, 0.2) is 5.82 Å². The van der Waals surface area contributed by atoms with Gasteiger partial charge in [0.2, 0.25) is 0 Å². The van der Waals surface area contributed by atoms with Crippen LogP contribution in [0.2, 0.25) is 0 Å². The number of rotatable bonds is 4. The SMILES string of the molecule is CCNC(=O)Nc1cn2ccc(-c3cnc(OC)nc3)cc2n1. The van der Waals surface area contributed by atoms with E-state index >= 15 is 0 Å². The summed E-state index contributed by atoms with van der Waals surface area (Å²) < 4.78 is 6.78.